The molecule has 8 nitrogen and oxygen atoms in total. The normalized spacial score (nSPS) is 18.3. The van der Waals surface area contributed by atoms with Gasteiger partial charge < -0.3 is 9.47 Å². The minimum atomic E-state index is -0.00785. The van der Waals surface area contributed by atoms with Gasteiger partial charge in [0.15, 0.2) is 11.5 Å². The van der Waals surface area contributed by atoms with Gasteiger partial charge in [0.1, 0.15) is 0 Å². The Morgan fingerprint density at radius 2 is 1.96 bits per heavy atom. The Morgan fingerprint density at radius 1 is 1.12 bits per heavy atom. The number of aryl methyl sites for hydroxylation is 1. The maximum Gasteiger partial charge on any atom is 0.246 e. The summed E-state index contributed by atoms with van der Waals surface area (Å²) in [6.45, 7) is 0.257. The van der Waals surface area contributed by atoms with E-state index >= 15 is 0 Å². The monoisotopic (exact) mass is 348 g/mol. The molecule has 0 saturated heterocycles. The molecule has 0 N–H and O–H groups in total. The third kappa shape index (κ3) is 2.46. The van der Waals surface area contributed by atoms with E-state index in [4.69, 9.17) is 14.6 Å². The summed E-state index contributed by atoms with van der Waals surface area (Å²) in [7, 11) is 1.90. The fourth-order valence-corrected chi connectivity index (χ4v) is 3.23. The first-order chi connectivity index (χ1) is 12.8. The molecule has 4 heterocycles. The van der Waals surface area contributed by atoms with Crippen LogP contribution in [0, 0.1) is 0 Å². The molecule has 8 heteroatoms. The lowest BCUT2D eigenvalue weighted by molar-refractivity contribution is 0.174. The highest BCUT2D eigenvalue weighted by molar-refractivity contribution is 6.03. The predicted octanol–water partition coefficient (Wildman–Crippen LogP) is 2.29. The van der Waals surface area contributed by atoms with Gasteiger partial charge in [-0.2, -0.15) is 10.2 Å². The van der Waals surface area contributed by atoms with E-state index in [1.54, 1.807) is 23.1 Å². The number of hydrazone groups is 1. The number of nitrogens with zero attached hydrogens (tertiary/aromatic N) is 6. The van der Waals surface area contributed by atoms with E-state index in [1.807, 2.05) is 42.6 Å². The van der Waals surface area contributed by atoms with Gasteiger partial charge in [0.2, 0.25) is 12.7 Å². The summed E-state index contributed by atoms with van der Waals surface area (Å²) in [5, 5.41) is 11.0. The summed E-state index contributed by atoms with van der Waals surface area (Å²) in [6, 6.07) is 7.67. The standard InChI is InChI=1S/C18H16N6O2/c1-23-10-13(9-21-23)15-8-14(22-24(15)18-19-5-2-6-20-18)12-3-4-16-17(7-12)26-11-25-16/h2-7,9-10,15H,8,11H2,1H3/t15-/m0/s1. The Labute approximate surface area is 149 Å². The highest BCUT2D eigenvalue weighted by Gasteiger charge is 2.32. The van der Waals surface area contributed by atoms with Crippen LogP contribution in [0.4, 0.5) is 5.95 Å². The summed E-state index contributed by atoms with van der Waals surface area (Å²) >= 11 is 0. The van der Waals surface area contributed by atoms with Gasteiger partial charge in [-0.15, -0.1) is 0 Å². The first-order valence-corrected chi connectivity index (χ1v) is 8.30. The van der Waals surface area contributed by atoms with Crippen molar-refractivity contribution in [3.05, 3.63) is 60.2 Å². The third-order valence-electron chi connectivity index (χ3n) is 4.48. The van der Waals surface area contributed by atoms with Gasteiger partial charge in [0.05, 0.1) is 18.0 Å². The molecule has 2 aliphatic rings. The van der Waals surface area contributed by atoms with Crippen molar-refractivity contribution in [2.45, 2.75) is 12.5 Å². The zero-order valence-electron chi connectivity index (χ0n) is 14.1. The fourth-order valence-electron chi connectivity index (χ4n) is 3.23. The molecule has 26 heavy (non-hydrogen) atoms. The fraction of sp³-hybridized carbons (Fsp3) is 0.222. The van der Waals surface area contributed by atoms with Gasteiger partial charge in [-0.1, -0.05) is 0 Å². The number of rotatable bonds is 3. The quantitative estimate of drug-likeness (QED) is 0.723. The van der Waals surface area contributed by atoms with Crippen LogP contribution in [0.1, 0.15) is 23.6 Å². The van der Waals surface area contributed by atoms with Crippen LogP contribution in [-0.2, 0) is 7.05 Å². The second kappa shape index (κ2) is 5.83. The van der Waals surface area contributed by atoms with Crippen LogP contribution in [0.25, 0.3) is 0 Å². The molecule has 1 atom stereocenters. The van der Waals surface area contributed by atoms with Crippen LogP contribution in [0.5, 0.6) is 11.5 Å². The van der Waals surface area contributed by atoms with Gasteiger partial charge in [0, 0.05) is 43.2 Å². The molecular weight excluding hydrogens is 332 g/mol. The summed E-state index contributed by atoms with van der Waals surface area (Å²) < 4.78 is 12.7. The first kappa shape index (κ1) is 14.9. The van der Waals surface area contributed by atoms with E-state index in [9.17, 15) is 0 Å². The number of hydrogen-bond donors (Lipinski definition) is 0. The topological polar surface area (TPSA) is 77.7 Å². The lowest BCUT2D eigenvalue weighted by Crippen LogP contribution is -2.20. The minimum Gasteiger partial charge on any atom is -0.454 e. The van der Waals surface area contributed by atoms with Crippen LogP contribution in [0.15, 0.2) is 54.2 Å². The maximum absolute atomic E-state index is 5.50. The first-order valence-electron chi connectivity index (χ1n) is 8.30. The van der Waals surface area contributed by atoms with E-state index in [0.29, 0.717) is 5.95 Å². The van der Waals surface area contributed by atoms with Crippen molar-refractivity contribution in [2.24, 2.45) is 12.1 Å². The van der Waals surface area contributed by atoms with Crippen molar-refractivity contribution in [3.63, 3.8) is 0 Å². The van der Waals surface area contributed by atoms with Crippen LogP contribution >= 0.6 is 0 Å². The van der Waals surface area contributed by atoms with E-state index in [2.05, 4.69) is 15.1 Å². The molecule has 0 bridgehead atoms. The van der Waals surface area contributed by atoms with Crippen LogP contribution in [0.2, 0.25) is 0 Å². The van der Waals surface area contributed by atoms with Gasteiger partial charge >= 0.3 is 0 Å². The van der Waals surface area contributed by atoms with Crippen LogP contribution in [0.3, 0.4) is 0 Å². The predicted molar refractivity (Wildman–Crippen MR) is 94.2 cm³/mol. The van der Waals surface area contributed by atoms with Gasteiger partial charge in [-0.05, 0) is 24.3 Å². The summed E-state index contributed by atoms with van der Waals surface area (Å²) in [5.41, 5.74) is 3.02. The number of aromatic nitrogens is 4. The molecule has 0 amide bonds. The average Bonchev–Trinajstić information content (AvgIpc) is 3.40. The molecule has 2 aliphatic heterocycles. The Hall–Kier alpha value is -3.42. The SMILES string of the molecule is Cn1cc([C@@H]2CC(c3ccc4c(c3)OCO4)=NN2c2ncccn2)cn1. The number of anilines is 1. The number of ether oxygens (including phenoxy) is 2. The minimum absolute atomic E-state index is 0.00785. The van der Waals surface area contributed by atoms with Crippen LogP contribution in [-0.4, -0.2) is 32.3 Å². The molecule has 5 rings (SSSR count). The second-order valence-electron chi connectivity index (χ2n) is 6.18. The van der Waals surface area contributed by atoms with E-state index in [-0.39, 0.29) is 12.8 Å². The second-order valence-corrected chi connectivity index (χ2v) is 6.18. The molecule has 3 aromatic rings. The van der Waals surface area contributed by atoms with Crippen molar-refractivity contribution in [3.8, 4) is 11.5 Å². The lowest BCUT2D eigenvalue weighted by Gasteiger charge is -2.19. The number of hydrogen-bond acceptors (Lipinski definition) is 7. The highest BCUT2D eigenvalue weighted by Crippen LogP contribution is 2.37. The summed E-state index contributed by atoms with van der Waals surface area (Å²) in [4.78, 5) is 8.73. The Kier molecular flexibility index (Phi) is 3.34. The van der Waals surface area contributed by atoms with Gasteiger partial charge in [0.25, 0.3) is 0 Å². The van der Waals surface area contributed by atoms with Crippen molar-refractivity contribution in [2.75, 3.05) is 11.8 Å². The zero-order valence-corrected chi connectivity index (χ0v) is 14.1. The largest absolute Gasteiger partial charge is 0.454 e. The third-order valence-corrected chi connectivity index (χ3v) is 4.48. The maximum atomic E-state index is 5.50. The number of benzene rings is 1. The Bertz CT molecular complexity index is 984. The smallest absolute Gasteiger partial charge is 0.246 e. The molecule has 1 aromatic carbocycles. The molecular formula is C18H16N6O2. The number of fused-ring (bicyclic) bond motifs is 1. The molecule has 130 valence electrons. The Morgan fingerprint density at radius 3 is 2.77 bits per heavy atom. The molecule has 0 saturated carbocycles. The molecule has 0 fully saturated rings. The molecule has 2 aromatic heterocycles. The molecule has 0 radical (unpaired) electrons. The van der Waals surface area contributed by atoms with Crippen molar-refractivity contribution >= 4 is 11.7 Å². The Balaban J connectivity index is 1.54. The molecule has 0 unspecified atom stereocenters. The molecule has 0 spiro atoms. The summed E-state index contributed by atoms with van der Waals surface area (Å²) in [6.07, 6.45) is 8.02. The van der Waals surface area contributed by atoms with E-state index in [0.717, 1.165) is 34.8 Å². The van der Waals surface area contributed by atoms with Crippen molar-refractivity contribution < 1.29 is 9.47 Å². The van der Waals surface area contributed by atoms with Crippen molar-refractivity contribution in [1.29, 1.82) is 0 Å². The highest BCUT2D eigenvalue weighted by atomic mass is 16.7. The molecule has 0 aliphatic carbocycles. The van der Waals surface area contributed by atoms with Gasteiger partial charge in [-0.25, -0.2) is 15.0 Å². The van der Waals surface area contributed by atoms with Gasteiger partial charge in [-0.3, -0.25) is 4.68 Å². The van der Waals surface area contributed by atoms with E-state index in [1.165, 1.54) is 0 Å². The van der Waals surface area contributed by atoms with Crippen molar-refractivity contribution in [1.82, 2.24) is 19.7 Å². The average molecular weight is 348 g/mol. The van der Waals surface area contributed by atoms with Crippen LogP contribution < -0.4 is 14.5 Å². The summed E-state index contributed by atoms with van der Waals surface area (Å²) in [5.74, 6) is 2.08. The zero-order chi connectivity index (χ0) is 17.5. The van der Waals surface area contributed by atoms with E-state index < -0.39 is 0 Å². The lowest BCUT2D eigenvalue weighted by atomic mass is 10.0.